The van der Waals surface area contributed by atoms with Crippen LogP contribution in [0.1, 0.15) is 59.9 Å². The third-order valence-electron chi connectivity index (χ3n) is 7.39. The number of anilines is 3. The lowest BCUT2D eigenvalue weighted by molar-refractivity contribution is 0.0564. The van der Waals surface area contributed by atoms with Crippen molar-refractivity contribution in [2.75, 3.05) is 41.9 Å². The molecule has 1 aromatic carbocycles. The molecule has 14 heteroatoms. The predicted octanol–water partition coefficient (Wildman–Crippen LogP) is 6.53. The number of amides is 4. The number of pyridine rings is 2. The van der Waals surface area contributed by atoms with E-state index in [9.17, 15) is 14.4 Å². The minimum Gasteiger partial charge on any atom is -0.474 e. The number of rotatable bonds is 4. The lowest BCUT2D eigenvalue weighted by atomic mass is 9.96. The number of urea groups is 1. The summed E-state index contributed by atoms with van der Waals surface area (Å²) in [7, 11) is 0. The first-order valence-corrected chi connectivity index (χ1v) is 15.5. The molecule has 0 saturated carbocycles. The maximum Gasteiger partial charge on any atom is 0.415 e. The van der Waals surface area contributed by atoms with Gasteiger partial charge in [0.25, 0.3) is 0 Å². The van der Waals surface area contributed by atoms with E-state index >= 15 is 4.39 Å². The van der Waals surface area contributed by atoms with Gasteiger partial charge < -0.3 is 24.3 Å². The maximum absolute atomic E-state index is 16.6. The number of hydrogen-bond acceptors (Lipinski definition) is 9. The molecular formula is C33H41FN6O7. The topological polar surface area (TPSA) is 153 Å². The Morgan fingerprint density at radius 1 is 0.936 bits per heavy atom. The minimum atomic E-state index is -0.863. The summed E-state index contributed by atoms with van der Waals surface area (Å²) < 4.78 is 38.7. The van der Waals surface area contributed by atoms with E-state index in [4.69, 9.17) is 18.9 Å². The second-order valence-electron chi connectivity index (χ2n) is 13.4. The van der Waals surface area contributed by atoms with Crippen LogP contribution in [0.25, 0.3) is 21.9 Å². The molecule has 3 N–H and O–H groups in total. The molecule has 0 bridgehead atoms. The third kappa shape index (κ3) is 7.99. The van der Waals surface area contributed by atoms with Crippen molar-refractivity contribution in [3.8, 4) is 17.0 Å². The number of hydrogen-bond donors (Lipinski definition) is 3. The second-order valence-corrected chi connectivity index (χ2v) is 13.4. The zero-order chi connectivity index (χ0) is 34.1. The van der Waals surface area contributed by atoms with Crippen LogP contribution in [0.5, 0.6) is 5.88 Å². The average molecular weight is 653 g/mol. The van der Waals surface area contributed by atoms with Crippen LogP contribution in [0.4, 0.5) is 36.0 Å². The SMILES string of the molecule is Cc1c(-c2cc3cc(NC(=O)NC4CCOCC4)ncc3c(NC(=O)OC(C)(C)C)c2F)cnc2c1N(C(=O)OC(C)(C)C)CCO2. The molecular weight excluding hydrogens is 611 g/mol. The Kier molecular flexibility index (Phi) is 9.43. The summed E-state index contributed by atoms with van der Waals surface area (Å²) in [6, 6.07) is 2.69. The predicted molar refractivity (Wildman–Crippen MR) is 175 cm³/mol. The number of nitrogens with one attached hydrogen (secondary N) is 3. The van der Waals surface area contributed by atoms with Gasteiger partial charge >= 0.3 is 18.2 Å². The maximum atomic E-state index is 16.6. The van der Waals surface area contributed by atoms with Crippen molar-refractivity contribution in [2.24, 2.45) is 0 Å². The van der Waals surface area contributed by atoms with E-state index in [-0.39, 0.29) is 47.5 Å². The molecule has 47 heavy (non-hydrogen) atoms. The first-order chi connectivity index (χ1) is 22.1. The molecule has 0 radical (unpaired) electrons. The van der Waals surface area contributed by atoms with Crippen LogP contribution in [-0.2, 0) is 14.2 Å². The number of ether oxygens (including phenoxy) is 4. The van der Waals surface area contributed by atoms with E-state index in [1.807, 2.05) is 0 Å². The Morgan fingerprint density at radius 3 is 2.32 bits per heavy atom. The molecule has 252 valence electrons. The number of carbonyl (C=O) groups excluding carboxylic acids is 3. The molecule has 4 heterocycles. The number of carbonyl (C=O) groups is 3. The van der Waals surface area contributed by atoms with E-state index in [1.165, 1.54) is 17.3 Å². The van der Waals surface area contributed by atoms with Crippen molar-refractivity contribution < 1.29 is 37.7 Å². The van der Waals surface area contributed by atoms with Crippen LogP contribution < -0.4 is 25.6 Å². The van der Waals surface area contributed by atoms with Gasteiger partial charge in [0.1, 0.15) is 29.3 Å². The molecule has 13 nitrogen and oxygen atoms in total. The average Bonchev–Trinajstić information content (AvgIpc) is 2.97. The van der Waals surface area contributed by atoms with Gasteiger partial charge in [-0.25, -0.2) is 28.7 Å². The van der Waals surface area contributed by atoms with Crippen LogP contribution in [0, 0.1) is 12.7 Å². The molecule has 1 fully saturated rings. The van der Waals surface area contributed by atoms with Crippen LogP contribution in [0.3, 0.4) is 0 Å². The van der Waals surface area contributed by atoms with Crippen LogP contribution >= 0.6 is 0 Å². The van der Waals surface area contributed by atoms with Crippen LogP contribution in [0.15, 0.2) is 24.5 Å². The zero-order valence-corrected chi connectivity index (χ0v) is 27.7. The van der Waals surface area contributed by atoms with E-state index in [2.05, 4.69) is 25.9 Å². The Morgan fingerprint density at radius 2 is 1.64 bits per heavy atom. The summed E-state index contributed by atoms with van der Waals surface area (Å²) in [5.74, 6) is -0.343. The summed E-state index contributed by atoms with van der Waals surface area (Å²) in [6.07, 6.45) is 2.77. The van der Waals surface area contributed by atoms with Crippen LogP contribution in [-0.4, -0.2) is 71.8 Å². The number of nitrogens with zero attached hydrogens (tertiary/aromatic N) is 3. The minimum absolute atomic E-state index is 0.0294. The quantitative estimate of drug-likeness (QED) is 0.286. The van der Waals surface area contributed by atoms with Crippen LogP contribution in [0.2, 0.25) is 0 Å². The monoisotopic (exact) mass is 652 g/mol. The van der Waals surface area contributed by atoms with E-state index < -0.39 is 35.2 Å². The van der Waals surface area contributed by atoms with Crippen molar-refractivity contribution in [1.29, 1.82) is 0 Å². The molecule has 0 aliphatic carbocycles. The molecule has 2 aromatic heterocycles. The fraction of sp³-hybridized carbons (Fsp3) is 0.485. The highest BCUT2D eigenvalue weighted by Gasteiger charge is 2.32. The lowest BCUT2D eigenvalue weighted by Gasteiger charge is -2.32. The number of halogens is 1. The number of benzene rings is 1. The molecule has 3 aromatic rings. The molecule has 2 aliphatic rings. The normalized spacial score (nSPS) is 15.4. The standard InChI is InChI=1S/C33H41FN6O7/c1-18-22(16-36-28-27(18)40(10-13-45-28)31(43)47-33(5,6)7)21-14-19-15-24(38-29(41)37-20-8-11-44-12-9-20)35-17-23(19)26(25(21)34)39-30(42)46-32(2,3)4/h14-17,20H,8-13H2,1-7H3,(H,39,42)(H2,35,37,38,41). The van der Waals surface area contributed by atoms with Gasteiger partial charge in [-0.05, 0) is 84.4 Å². The molecule has 5 rings (SSSR count). The first-order valence-electron chi connectivity index (χ1n) is 15.5. The lowest BCUT2D eigenvalue weighted by Crippen LogP contribution is -2.42. The largest absolute Gasteiger partial charge is 0.474 e. The fourth-order valence-corrected chi connectivity index (χ4v) is 5.35. The highest BCUT2D eigenvalue weighted by molar-refractivity contribution is 6.05. The highest BCUT2D eigenvalue weighted by atomic mass is 19.1. The Hall–Kier alpha value is -4.72. The van der Waals surface area contributed by atoms with Gasteiger partial charge in [0, 0.05) is 48.2 Å². The summed E-state index contributed by atoms with van der Waals surface area (Å²) >= 11 is 0. The van der Waals surface area contributed by atoms with Crippen molar-refractivity contribution in [2.45, 2.75) is 78.6 Å². The molecule has 0 atom stereocenters. The second kappa shape index (κ2) is 13.2. The number of fused-ring (bicyclic) bond motifs is 2. The van der Waals surface area contributed by atoms with Gasteiger partial charge in [0.2, 0.25) is 5.88 Å². The van der Waals surface area contributed by atoms with Crippen molar-refractivity contribution in [3.05, 3.63) is 35.9 Å². The van der Waals surface area contributed by atoms with Crippen molar-refractivity contribution in [1.82, 2.24) is 15.3 Å². The van der Waals surface area contributed by atoms with E-state index in [0.717, 1.165) is 0 Å². The van der Waals surface area contributed by atoms with Gasteiger partial charge in [0.05, 0.1) is 12.2 Å². The molecule has 4 amide bonds. The van der Waals surface area contributed by atoms with Gasteiger partial charge in [0.15, 0.2) is 5.82 Å². The van der Waals surface area contributed by atoms with E-state index in [1.54, 1.807) is 60.6 Å². The molecule has 0 unspecified atom stereocenters. The Labute approximate surface area is 272 Å². The molecule has 2 aliphatic heterocycles. The Balaban J connectivity index is 1.58. The van der Waals surface area contributed by atoms with Crippen molar-refractivity contribution >= 4 is 46.2 Å². The van der Waals surface area contributed by atoms with Gasteiger partial charge in [-0.15, -0.1) is 0 Å². The summed E-state index contributed by atoms with van der Waals surface area (Å²) in [5, 5.41) is 8.94. The summed E-state index contributed by atoms with van der Waals surface area (Å²) in [6.45, 7) is 13.7. The zero-order valence-electron chi connectivity index (χ0n) is 27.7. The fourth-order valence-electron chi connectivity index (χ4n) is 5.35. The highest BCUT2D eigenvalue weighted by Crippen LogP contribution is 2.42. The smallest absolute Gasteiger partial charge is 0.415 e. The van der Waals surface area contributed by atoms with Gasteiger partial charge in [-0.2, -0.15) is 0 Å². The van der Waals surface area contributed by atoms with Crippen molar-refractivity contribution in [3.63, 3.8) is 0 Å². The molecule has 0 spiro atoms. The van der Waals surface area contributed by atoms with Gasteiger partial charge in [-0.1, -0.05) is 0 Å². The van der Waals surface area contributed by atoms with E-state index in [0.29, 0.717) is 48.3 Å². The summed E-state index contributed by atoms with van der Waals surface area (Å²) in [4.78, 5) is 49.0. The third-order valence-corrected chi connectivity index (χ3v) is 7.39. The number of aromatic nitrogens is 2. The van der Waals surface area contributed by atoms with Gasteiger partial charge in [-0.3, -0.25) is 15.5 Å². The summed E-state index contributed by atoms with van der Waals surface area (Å²) in [5.41, 5.74) is -0.479. The Bertz CT molecular complexity index is 1700. The molecule has 1 saturated heterocycles. The first kappa shape index (κ1) is 33.6.